The van der Waals surface area contributed by atoms with Gasteiger partial charge in [0.15, 0.2) is 0 Å². The van der Waals surface area contributed by atoms with Crippen molar-refractivity contribution in [3.05, 3.63) is 53.1 Å². The fourth-order valence-corrected chi connectivity index (χ4v) is 2.74. The smallest absolute Gasteiger partial charge is 0.283 e. The normalized spacial score (nSPS) is 10.4. The van der Waals surface area contributed by atoms with Crippen molar-refractivity contribution >= 4 is 22.7 Å². The first kappa shape index (κ1) is 19.2. The van der Waals surface area contributed by atoms with E-state index in [0.717, 1.165) is 40.8 Å². The average Bonchev–Trinajstić information content (AvgIpc) is 2.62. The van der Waals surface area contributed by atoms with Crippen LogP contribution in [0.1, 0.15) is 30.5 Å². The Morgan fingerprint density at radius 1 is 1.12 bits per heavy atom. The number of nitrogens with one attached hydrogen (secondary N) is 1. The standard InChI is InChI=1S/C20H25NO3S/c1-5-15-10-11-18(14(3)12-15)24-13-16-17(21-20(22)25-4)8-7-9-19(16)23-6-2/h7-12H,5-6,13H2,1-4H3,(H,21,22). The summed E-state index contributed by atoms with van der Waals surface area (Å²) in [7, 11) is 0. The quantitative estimate of drug-likeness (QED) is 0.716. The predicted octanol–water partition coefficient (Wildman–Crippen LogP) is 5.43. The molecule has 25 heavy (non-hydrogen) atoms. The molecule has 2 aromatic rings. The second kappa shape index (κ2) is 9.37. The van der Waals surface area contributed by atoms with Crippen molar-refractivity contribution in [2.75, 3.05) is 18.2 Å². The lowest BCUT2D eigenvalue weighted by molar-refractivity contribution is 0.269. The van der Waals surface area contributed by atoms with E-state index in [2.05, 4.69) is 24.4 Å². The predicted molar refractivity (Wildman–Crippen MR) is 105 cm³/mol. The monoisotopic (exact) mass is 359 g/mol. The zero-order valence-corrected chi connectivity index (χ0v) is 16.0. The molecule has 0 aliphatic rings. The van der Waals surface area contributed by atoms with Crippen molar-refractivity contribution in [2.45, 2.75) is 33.8 Å². The van der Waals surface area contributed by atoms with Crippen molar-refractivity contribution in [3.8, 4) is 11.5 Å². The molecular formula is C20H25NO3S. The van der Waals surface area contributed by atoms with Gasteiger partial charge in [-0.25, -0.2) is 0 Å². The van der Waals surface area contributed by atoms with Crippen molar-refractivity contribution in [2.24, 2.45) is 0 Å². The van der Waals surface area contributed by atoms with E-state index in [0.29, 0.717) is 18.9 Å². The van der Waals surface area contributed by atoms with Crippen LogP contribution < -0.4 is 14.8 Å². The Hall–Kier alpha value is -2.14. The molecule has 0 heterocycles. The molecule has 0 atom stereocenters. The van der Waals surface area contributed by atoms with E-state index >= 15 is 0 Å². The molecule has 1 N–H and O–H groups in total. The number of anilines is 1. The Balaban J connectivity index is 2.25. The van der Waals surface area contributed by atoms with Crippen molar-refractivity contribution in [3.63, 3.8) is 0 Å². The largest absolute Gasteiger partial charge is 0.493 e. The fraction of sp³-hybridized carbons (Fsp3) is 0.350. The summed E-state index contributed by atoms with van der Waals surface area (Å²) in [4.78, 5) is 11.8. The first-order valence-corrected chi connectivity index (χ1v) is 9.63. The summed E-state index contributed by atoms with van der Waals surface area (Å²) in [5.74, 6) is 1.56. The molecule has 0 unspecified atom stereocenters. The summed E-state index contributed by atoms with van der Waals surface area (Å²) in [5, 5.41) is 2.78. The number of hydrogen-bond donors (Lipinski definition) is 1. The highest BCUT2D eigenvalue weighted by molar-refractivity contribution is 8.13. The Kier molecular flexibility index (Phi) is 7.19. The summed E-state index contributed by atoms with van der Waals surface area (Å²) >= 11 is 1.14. The van der Waals surface area contributed by atoms with E-state index in [9.17, 15) is 4.79 Å². The number of carbonyl (C=O) groups is 1. The van der Waals surface area contributed by atoms with Gasteiger partial charge in [0, 0.05) is 0 Å². The molecule has 2 aromatic carbocycles. The second-order valence-corrected chi connectivity index (χ2v) is 6.35. The number of rotatable bonds is 7. The molecule has 0 saturated heterocycles. The Labute approximate surface area is 153 Å². The van der Waals surface area contributed by atoms with Gasteiger partial charge in [-0.05, 0) is 55.9 Å². The zero-order chi connectivity index (χ0) is 18.2. The highest BCUT2D eigenvalue weighted by atomic mass is 32.2. The molecule has 0 aliphatic carbocycles. The first-order valence-electron chi connectivity index (χ1n) is 8.41. The molecule has 5 heteroatoms. The molecule has 2 rings (SSSR count). The molecular weight excluding hydrogens is 334 g/mol. The third kappa shape index (κ3) is 5.16. The molecule has 0 bridgehead atoms. The van der Waals surface area contributed by atoms with Gasteiger partial charge in [-0.2, -0.15) is 0 Å². The maximum Gasteiger partial charge on any atom is 0.283 e. The van der Waals surface area contributed by atoms with Crippen molar-refractivity contribution < 1.29 is 14.3 Å². The maximum atomic E-state index is 11.8. The Bertz CT molecular complexity index is 731. The first-order chi connectivity index (χ1) is 12.1. The topological polar surface area (TPSA) is 47.6 Å². The Morgan fingerprint density at radius 2 is 1.92 bits per heavy atom. The van der Waals surface area contributed by atoms with E-state index < -0.39 is 0 Å². The summed E-state index contributed by atoms with van der Waals surface area (Å²) in [6.07, 6.45) is 2.75. The number of ether oxygens (including phenoxy) is 2. The van der Waals surface area contributed by atoms with E-state index in [1.165, 1.54) is 5.56 Å². The number of amides is 1. The lowest BCUT2D eigenvalue weighted by Crippen LogP contribution is -2.10. The lowest BCUT2D eigenvalue weighted by Gasteiger charge is -2.17. The van der Waals surface area contributed by atoms with E-state index in [1.54, 1.807) is 6.26 Å². The number of hydrogen-bond acceptors (Lipinski definition) is 4. The minimum absolute atomic E-state index is 0.113. The number of thioether (sulfide) groups is 1. The molecule has 0 saturated carbocycles. The summed E-state index contributed by atoms with van der Waals surface area (Å²) < 4.78 is 11.7. The second-order valence-electron chi connectivity index (χ2n) is 5.57. The Morgan fingerprint density at radius 3 is 2.56 bits per heavy atom. The number of carbonyl (C=O) groups excluding carboxylic acids is 1. The van der Waals surface area contributed by atoms with Crippen LogP contribution in [0.25, 0.3) is 0 Å². The molecule has 4 nitrogen and oxygen atoms in total. The van der Waals surface area contributed by atoms with Gasteiger partial charge in [0.25, 0.3) is 5.24 Å². The van der Waals surface area contributed by atoms with Crippen LogP contribution in [0.3, 0.4) is 0 Å². The maximum absolute atomic E-state index is 11.8. The molecule has 0 radical (unpaired) electrons. The zero-order valence-electron chi connectivity index (χ0n) is 15.2. The highest BCUT2D eigenvalue weighted by Crippen LogP contribution is 2.30. The van der Waals surface area contributed by atoms with Crippen LogP contribution >= 0.6 is 11.8 Å². The van der Waals surface area contributed by atoms with Crippen LogP contribution in [0, 0.1) is 6.92 Å². The summed E-state index contributed by atoms with van der Waals surface area (Å²) in [6.45, 7) is 6.99. The van der Waals surface area contributed by atoms with Crippen molar-refractivity contribution in [1.82, 2.24) is 0 Å². The van der Waals surface area contributed by atoms with Crippen LogP contribution in [0.5, 0.6) is 11.5 Å². The molecule has 0 spiro atoms. The molecule has 0 fully saturated rings. The van der Waals surface area contributed by atoms with Crippen LogP contribution in [0.15, 0.2) is 36.4 Å². The van der Waals surface area contributed by atoms with Gasteiger partial charge in [-0.15, -0.1) is 0 Å². The summed E-state index contributed by atoms with van der Waals surface area (Å²) in [6, 6.07) is 11.8. The number of aryl methyl sites for hydroxylation is 2. The molecule has 0 aromatic heterocycles. The van der Waals surface area contributed by atoms with Crippen LogP contribution in [-0.2, 0) is 13.0 Å². The van der Waals surface area contributed by atoms with E-state index in [1.807, 2.05) is 38.1 Å². The van der Waals surface area contributed by atoms with Crippen LogP contribution in [0.2, 0.25) is 0 Å². The van der Waals surface area contributed by atoms with Crippen LogP contribution in [-0.4, -0.2) is 18.1 Å². The van der Waals surface area contributed by atoms with Gasteiger partial charge in [0.05, 0.1) is 17.9 Å². The molecule has 0 aliphatic heterocycles. The average molecular weight is 359 g/mol. The summed E-state index contributed by atoms with van der Waals surface area (Å²) in [5.41, 5.74) is 3.94. The van der Waals surface area contributed by atoms with Crippen LogP contribution in [0.4, 0.5) is 10.5 Å². The van der Waals surface area contributed by atoms with Gasteiger partial charge in [0.1, 0.15) is 18.1 Å². The van der Waals surface area contributed by atoms with Gasteiger partial charge in [0.2, 0.25) is 0 Å². The molecule has 1 amide bonds. The molecule has 134 valence electrons. The van der Waals surface area contributed by atoms with Gasteiger partial charge in [-0.1, -0.05) is 36.9 Å². The minimum Gasteiger partial charge on any atom is -0.493 e. The highest BCUT2D eigenvalue weighted by Gasteiger charge is 2.13. The minimum atomic E-state index is -0.113. The van der Waals surface area contributed by atoms with Gasteiger partial charge < -0.3 is 14.8 Å². The fourth-order valence-electron chi connectivity index (χ4n) is 2.53. The van der Waals surface area contributed by atoms with Gasteiger partial charge >= 0.3 is 0 Å². The number of benzene rings is 2. The van der Waals surface area contributed by atoms with E-state index in [4.69, 9.17) is 9.47 Å². The van der Waals surface area contributed by atoms with Crippen molar-refractivity contribution in [1.29, 1.82) is 0 Å². The van der Waals surface area contributed by atoms with E-state index in [-0.39, 0.29) is 5.24 Å². The third-order valence-corrected chi connectivity index (χ3v) is 4.35. The van der Waals surface area contributed by atoms with Gasteiger partial charge in [-0.3, -0.25) is 4.79 Å². The lowest BCUT2D eigenvalue weighted by atomic mass is 10.1. The third-order valence-electron chi connectivity index (χ3n) is 3.87. The SMILES string of the molecule is CCOc1cccc(NC(=O)SC)c1COc1ccc(CC)cc1C.